The molecule has 3 nitrogen and oxygen atoms in total. The number of para-hydroxylation sites is 1. The first-order chi connectivity index (χ1) is 5.75. The van der Waals surface area contributed by atoms with Gasteiger partial charge < -0.3 is 1.43 Å². The van der Waals surface area contributed by atoms with Crippen molar-refractivity contribution in [3.8, 4) is 5.75 Å². The zero-order valence-corrected chi connectivity index (χ0v) is 15.5. The Morgan fingerprint density at radius 1 is 1.54 bits per heavy atom. The van der Waals surface area contributed by atoms with E-state index < -0.39 is 5.97 Å². The van der Waals surface area contributed by atoms with E-state index in [9.17, 15) is 4.79 Å². The molecule has 0 spiro atoms. The minimum absolute atomic E-state index is 0. The van der Waals surface area contributed by atoms with Crippen LogP contribution in [0.15, 0.2) is 24.3 Å². The fraction of sp³-hybridized carbons (Fsp3) is 0. The number of carboxylic acid groups (broad SMARTS) is 1. The van der Waals surface area contributed by atoms with Crippen LogP contribution in [-0.2, 0) is 24.6 Å². The quantitative estimate of drug-likeness (QED) is 0.528. The summed E-state index contributed by atoms with van der Waals surface area (Å²) in [6.45, 7) is 0. The molecule has 0 fully saturated rings. The Hall–Kier alpha value is 0.775. The van der Waals surface area contributed by atoms with Gasteiger partial charge >= 0.3 is 118 Å². The van der Waals surface area contributed by atoms with Crippen molar-refractivity contribution in [3.63, 3.8) is 0 Å². The minimum Gasteiger partial charge on any atom is -1.00 e. The van der Waals surface area contributed by atoms with E-state index in [4.69, 9.17) is 9.29 Å². The number of hydrogen-bond acceptors (Lipinski definition) is 3. The number of aromatic carboxylic acids is 1. The van der Waals surface area contributed by atoms with Gasteiger partial charge in [0.15, 0.2) is 0 Å². The molecule has 0 radical (unpaired) electrons. The van der Waals surface area contributed by atoms with Gasteiger partial charge in [-0.2, -0.15) is 0 Å². The van der Waals surface area contributed by atoms with E-state index in [1.54, 1.807) is 18.2 Å². The van der Waals surface area contributed by atoms with Crippen molar-refractivity contribution in [2.45, 2.75) is 0 Å². The number of carbonyl (C=O) groups is 1. The molecule has 0 aliphatic rings. The molecule has 0 aromatic heterocycles. The number of hydrogen-bond donors (Lipinski definition) is 1. The van der Waals surface area contributed by atoms with E-state index in [1.807, 2.05) is 0 Å². The first-order valence-corrected chi connectivity index (χ1v) is 10.8. The average molecular weight is 394 g/mol. The van der Waals surface area contributed by atoms with Crippen molar-refractivity contribution in [1.29, 1.82) is 0 Å². The van der Waals surface area contributed by atoms with Crippen LogP contribution in [-0.4, -0.2) is 11.1 Å². The zero-order chi connectivity index (χ0) is 8.97. The summed E-state index contributed by atoms with van der Waals surface area (Å²) >= 11 is 0.453. The predicted octanol–water partition coefficient (Wildman–Crippen LogP) is -1.01. The molecule has 61 valence electrons. The number of benzene rings is 1. The minimum atomic E-state index is -0.951. The van der Waals surface area contributed by atoms with Gasteiger partial charge in [-0.1, -0.05) is 0 Å². The van der Waals surface area contributed by atoms with Gasteiger partial charge in [0.2, 0.25) is 0 Å². The third kappa shape index (κ3) is 4.21. The smallest absolute Gasteiger partial charge is 1.00 e. The second-order valence-corrected chi connectivity index (χ2v) is 5.15. The van der Waals surface area contributed by atoms with Crippen molar-refractivity contribution in [2.75, 3.05) is 0 Å². The maximum absolute atomic E-state index is 10.6. The monoisotopic (exact) mass is 395 g/mol. The van der Waals surface area contributed by atoms with E-state index in [2.05, 4.69) is 0 Å². The predicted molar refractivity (Wildman–Crippen MR) is 42.7 cm³/mol. The Kier molecular flexibility index (Phi) is 7.54. The SMILES string of the molecule is O=C(O)c1ccccc1O[S][Hg].[H-].[Na+]. The molecule has 0 aliphatic carbocycles. The summed E-state index contributed by atoms with van der Waals surface area (Å²) in [7, 11) is 1.32. The molecule has 1 aromatic carbocycles. The van der Waals surface area contributed by atoms with Gasteiger partial charge in [-0.15, -0.1) is 0 Å². The summed E-state index contributed by atoms with van der Waals surface area (Å²) in [6.07, 6.45) is 0. The van der Waals surface area contributed by atoms with Crippen molar-refractivity contribution in [2.24, 2.45) is 0 Å². The molecule has 1 rings (SSSR count). The second kappa shape index (κ2) is 7.12. The maximum atomic E-state index is 10.6. The molecule has 13 heavy (non-hydrogen) atoms. The van der Waals surface area contributed by atoms with Gasteiger partial charge in [-0.25, -0.2) is 0 Å². The van der Waals surface area contributed by atoms with Crippen LogP contribution in [0.4, 0.5) is 0 Å². The largest absolute Gasteiger partial charge is 1.00 e. The van der Waals surface area contributed by atoms with E-state index in [1.165, 1.54) is 14.6 Å². The number of carboxylic acids is 1. The fourth-order valence-corrected chi connectivity index (χ4v) is 2.53. The van der Waals surface area contributed by atoms with E-state index >= 15 is 0 Å². The topological polar surface area (TPSA) is 46.5 Å². The Morgan fingerprint density at radius 2 is 2.15 bits per heavy atom. The standard InChI is InChI=1S/C7H6O3S.Hg.Na.H/c8-7(9)5-3-1-2-4-6(5)10-11;;;/h1-4,11H,(H,8,9);;;/q;2*+1;-1/p-1. The van der Waals surface area contributed by atoms with Gasteiger partial charge in [0.1, 0.15) is 0 Å². The Labute approximate surface area is 118 Å². The Bertz CT molecular complexity index is 300. The van der Waals surface area contributed by atoms with Crippen LogP contribution in [0, 0.1) is 0 Å². The molecule has 1 N–H and O–H groups in total. The van der Waals surface area contributed by atoms with E-state index in [-0.39, 0.29) is 36.5 Å². The van der Waals surface area contributed by atoms with Gasteiger partial charge in [-0.3, -0.25) is 0 Å². The van der Waals surface area contributed by atoms with Crippen molar-refractivity contribution < 1.29 is 69.7 Å². The van der Waals surface area contributed by atoms with Crippen LogP contribution >= 0.6 is 8.52 Å². The fourth-order valence-electron chi connectivity index (χ4n) is 0.779. The van der Waals surface area contributed by atoms with Crippen LogP contribution in [0.3, 0.4) is 0 Å². The van der Waals surface area contributed by atoms with E-state index in [0.717, 1.165) is 0 Å². The average Bonchev–Trinajstić information content (AvgIpc) is 2.05. The van der Waals surface area contributed by atoms with Crippen LogP contribution in [0.2, 0.25) is 0 Å². The molecule has 1 aromatic rings. The van der Waals surface area contributed by atoms with Gasteiger partial charge in [0.25, 0.3) is 0 Å². The molecular weight excluding hydrogens is 388 g/mol. The van der Waals surface area contributed by atoms with Crippen LogP contribution < -0.4 is 33.7 Å². The first kappa shape index (κ1) is 13.8. The molecule has 6 heteroatoms. The van der Waals surface area contributed by atoms with E-state index in [0.29, 0.717) is 30.4 Å². The Balaban J connectivity index is 0. The van der Waals surface area contributed by atoms with Crippen LogP contribution in [0.25, 0.3) is 0 Å². The molecule has 0 aliphatic heterocycles. The normalized spacial score (nSPS) is 8.77. The van der Waals surface area contributed by atoms with Crippen molar-refractivity contribution in [3.05, 3.63) is 29.8 Å². The zero-order valence-electron chi connectivity index (χ0n) is 8.19. The van der Waals surface area contributed by atoms with Gasteiger partial charge in [-0.05, 0) is 0 Å². The van der Waals surface area contributed by atoms with Crippen molar-refractivity contribution >= 4 is 14.5 Å². The second-order valence-electron chi connectivity index (χ2n) is 2.00. The molecule has 0 atom stereocenters. The molecule has 0 saturated heterocycles. The first-order valence-electron chi connectivity index (χ1n) is 3.16. The summed E-state index contributed by atoms with van der Waals surface area (Å²) in [5.74, 6) is -0.516. The third-order valence-electron chi connectivity index (χ3n) is 1.27. The van der Waals surface area contributed by atoms with Gasteiger partial charge in [0.05, 0.1) is 0 Å². The van der Waals surface area contributed by atoms with Crippen molar-refractivity contribution in [1.82, 2.24) is 0 Å². The molecule has 0 bridgehead atoms. The third-order valence-corrected chi connectivity index (χ3v) is 2.94. The molecular formula is C7H6HgNaO3S. The number of rotatable bonds is 3. The summed E-state index contributed by atoms with van der Waals surface area (Å²) in [4.78, 5) is 10.6. The summed E-state index contributed by atoms with van der Waals surface area (Å²) in [5, 5.41) is 8.72. The Morgan fingerprint density at radius 3 is 2.69 bits per heavy atom. The summed E-state index contributed by atoms with van der Waals surface area (Å²) in [6, 6.07) is 6.62. The maximum Gasteiger partial charge on any atom is 1.00 e. The molecule has 0 saturated carbocycles. The molecule has 0 heterocycles. The van der Waals surface area contributed by atoms with Gasteiger partial charge in [0, 0.05) is 0 Å². The van der Waals surface area contributed by atoms with Crippen LogP contribution in [0.5, 0.6) is 5.75 Å². The summed E-state index contributed by atoms with van der Waals surface area (Å²) < 4.78 is 5.12. The molecule has 0 unspecified atom stereocenters. The summed E-state index contributed by atoms with van der Waals surface area (Å²) in [5.41, 5.74) is 0.218. The molecule has 0 amide bonds. The van der Waals surface area contributed by atoms with Crippen LogP contribution in [0.1, 0.15) is 11.8 Å².